The van der Waals surface area contributed by atoms with Crippen LogP contribution in [0.3, 0.4) is 0 Å². The van der Waals surface area contributed by atoms with Crippen molar-refractivity contribution in [3.8, 4) is 0 Å². The molecule has 0 radical (unpaired) electrons. The highest BCUT2D eigenvalue weighted by Gasteiger charge is 2.30. The van der Waals surface area contributed by atoms with Gasteiger partial charge in [0, 0.05) is 37.8 Å². The molecule has 3 aromatic rings. The Morgan fingerprint density at radius 3 is 1.94 bits per heavy atom. The van der Waals surface area contributed by atoms with Gasteiger partial charge in [-0.1, -0.05) is 66.7 Å². The Hall–Kier alpha value is -3.00. The number of hydrogen-bond donors (Lipinski definition) is 1. The summed E-state index contributed by atoms with van der Waals surface area (Å²) < 4.78 is 27.8. The molecule has 34 heavy (non-hydrogen) atoms. The van der Waals surface area contributed by atoms with Crippen LogP contribution in [-0.4, -0.2) is 56.3 Å². The minimum Gasteiger partial charge on any atom is -0.336 e. The molecular weight excluding hydrogens is 446 g/mol. The summed E-state index contributed by atoms with van der Waals surface area (Å²) in [5.41, 5.74) is 2.87. The van der Waals surface area contributed by atoms with E-state index in [0.29, 0.717) is 18.7 Å². The Bertz CT molecular complexity index is 1200. The Balaban J connectivity index is 1.30. The number of carbonyl (C=O) groups is 1. The van der Waals surface area contributed by atoms with E-state index in [0.717, 1.165) is 25.9 Å². The molecule has 176 valence electrons. The molecule has 0 spiro atoms. The number of piperazine rings is 1. The molecule has 0 unspecified atom stereocenters. The van der Waals surface area contributed by atoms with Crippen LogP contribution in [-0.2, 0) is 10.0 Å². The first kappa shape index (κ1) is 22.8. The van der Waals surface area contributed by atoms with Crippen molar-refractivity contribution < 1.29 is 13.2 Å². The van der Waals surface area contributed by atoms with E-state index in [4.69, 9.17) is 0 Å². The maximum Gasteiger partial charge on any atom is 0.253 e. The second-order valence-corrected chi connectivity index (χ2v) is 10.7. The summed E-state index contributed by atoms with van der Waals surface area (Å²) in [5, 5.41) is 0. The molecule has 0 atom stereocenters. The van der Waals surface area contributed by atoms with E-state index in [1.807, 2.05) is 17.0 Å². The average molecular weight is 476 g/mol. The van der Waals surface area contributed by atoms with Gasteiger partial charge in [0.25, 0.3) is 5.91 Å². The standard InChI is InChI=1S/C27H29N3O3S/c31-27(23-12-7-13-25(20-23)34(32,33)28-24-14-15-24)30-18-16-29(17-19-30)26(21-8-3-1-4-9-21)22-10-5-2-6-11-22/h1-13,20,24,26,28H,14-19H2. The second-order valence-electron chi connectivity index (χ2n) is 8.98. The van der Waals surface area contributed by atoms with Crippen LogP contribution in [0.15, 0.2) is 89.8 Å². The number of amides is 1. The average Bonchev–Trinajstić information content (AvgIpc) is 3.69. The molecule has 1 N–H and O–H groups in total. The Morgan fingerprint density at radius 2 is 1.38 bits per heavy atom. The van der Waals surface area contributed by atoms with Crippen molar-refractivity contribution in [1.82, 2.24) is 14.5 Å². The van der Waals surface area contributed by atoms with Gasteiger partial charge in [-0.2, -0.15) is 0 Å². The molecule has 1 heterocycles. The smallest absolute Gasteiger partial charge is 0.253 e. The molecule has 2 fully saturated rings. The molecular formula is C27H29N3O3S. The van der Waals surface area contributed by atoms with E-state index in [-0.39, 0.29) is 22.9 Å². The molecule has 2 aliphatic rings. The van der Waals surface area contributed by atoms with Crippen LogP contribution in [0.2, 0.25) is 0 Å². The van der Waals surface area contributed by atoms with Gasteiger partial charge >= 0.3 is 0 Å². The molecule has 0 aromatic heterocycles. The van der Waals surface area contributed by atoms with Crippen molar-refractivity contribution >= 4 is 15.9 Å². The largest absolute Gasteiger partial charge is 0.336 e. The summed E-state index contributed by atoms with van der Waals surface area (Å²) in [6.45, 7) is 2.65. The minimum atomic E-state index is -3.59. The van der Waals surface area contributed by atoms with Crippen LogP contribution in [0.1, 0.15) is 40.4 Å². The lowest BCUT2D eigenvalue weighted by atomic mass is 9.96. The minimum absolute atomic E-state index is 0.0274. The van der Waals surface area contributed by atoms with Crippen molar-refractivity contribution in [2.24, 2.45) is 0 Å². The van der Waals surface area contributed by atoms with E-state index < -0.39 is 10.0 Å². The van der Waals surface area contributed by atoms with E-state index >= 15 is 0 Å². The van der Waals surface area contributed by atoms with Gasteiger partial charge in [-0.25, -0.2) is 13.1 Å². The fourth-order valence-corrected chi connectivity index (χ4v) is 5.89. The highest BCUT2D eigenvalue weighted by molar-refractivity contribution is 7.89. The highest BCUT2D eigenvalue weighted by Crippen LogP contribution is 2.30. The molecule has 1 amide bonds. The highest BCUT2D eigenvalue weighted by atomic mass is 32.2. The first-order valence-electron chi connectivity index (χ1n) is 11.8. The van der Waals surface area contributed by atoms with Gasteiger partial charge in [0.2, 0.25) is 10.0 Å². The summed E-state index contributed by atoms with van der Waals surface area (Å²) in [4.78, 5) is 17.6. The summed E-state index contributed by atoms with van der Waals surface area (Å²) in [6.07, 6.45) is 1.74. The van der Waals surface area contributed by atoms with E-state index in [2.05, 4.69) is 58.2 Å². The number of nitrogens with zero attached hydrogens (tertiary/aromatic N) is 2. The molecule has 7 heteroatoms. The van der Waals surface area contributed by atoms with Gasteiger partial charge in [-0.05, 0) is 42.2 Å². The first-order chi connectivity index (χ1) is 16.5. The quantitative estimate of drug-likeness (QED) is 0.566. The van der Waals surface area contributed by atoms with Crippen molar-refractivity contribution in [1.29, 1.82) is 0 Å². The molecule has 5 rings (SSSR count). The lowest BCUT2D eigenvalue weighted by Crippen LogP contribution is -2.49. The molecule has 1 saturated carbocycles. The van der Waals surface area contributed by atoms with Crippen LogP contribution >= 0.6 is 0 Å². The first-order valence-corrected chi connectivity index (χ1v) is 13.3. The van der Waals surface area contributed by atoms with Crippen LogP contribution in [0.5, 0.6) is 0 Å². The molecule has 1 aliphatic heterocycles. The molecule has 1 saturated heterocycles. The van der Waals surface area contributed by atoms with E-state index in [1.54, 1.807) is 18.2 Å². The number of carbonyl (C=O) groups excluding carboxylic acids is 1. The van der Waals surface area contributed by atoms with Gasteiger partial charge in [-0.15, -0.1) is 0 Å². The molecule has 6 nitrogen and oxygen atoms in total. The van der Waals surface area contributed by atoms with Gasteiger partial charge in [0.1, 0.15) is 0 Å². The normalized spacial score (nSPS) is 17.1. The van der Waals surface area contributed by atoms with E-state index in [9.17, 15) is 13.2 Å². The third kappa shape index (κ3) is 5.06. The van der Waals surface area contributed by atoms with Gasteiger partial charge in [-0.3, -0.25) is 9.69 Å². The van der Waals surface area contributed by atoms with Crippen LogP contribution in [0, 0.1) is 0 Å². The number of nitrogens with one attached hydrogen (secondary N) is 1. The lowest BCUT2D eigenvalue weighted by Gasteiger charge is -2.39. The molecule has 1 aliphatic carbocycles. The maximum absolute atomic E-state index is 13.2. The summed E-state index contributed by atoms with van der Waals surface area (Å²) in [6, 6.07) is 27.4. The van der Waals surface area contributed by atoms with Gasteiger partial charge < -0.3 is 4.90 Å². The van der Waals surface area contributed by atoms with Crippen molar-refractivity contribution in [2.75, 3.05) is 26.2 Å². The van der Waals surface area contributed by atoms with E-state index in [1.165, 1.54) is 17.2 Å². The molecule has 3 aromatic carbocycles. The predicted octanol–water partition coefficient (Wildman–Crippen LogP) is 3.67. The van der Waals surface area contributed by atoms with Crippen molar-refractivity contribution in [2.45, 2.75) is 29.8 Å². The van der Waals surface area contributed by atoms with Gasteiger partial charge in [0.05, 0.1) is 10.9 Å². The topological polar surface area (TPSA) is 69.7 Å². The van der Waals surface area contributed by atoms with Crippen LogP contribution in [0.4, 0.5) is 0 Å². The fraction of sp³-hybridized carbons (Fsp3) is 0.296. The second kappa shape index (κ2) is 9.70. The maximum atomic E-state index is 13.2. The predicted molar refractivity (Wildman–Crippen MR) is 132 cm³/mol. The third-order valence-electron chi connectivity index (χ3n) is 6.49. The lowest BCUT2D eigenvalue weighted by molar-refractivity contribution is 0.0597. The van der Waals surface area contributed by atoms with Crippen LogP contribution in [0.25, 0.3) is 0 Å². The van der Waals surface area contributed by atoms with Crippen molar-refractivity contribution in [3.63, 3.8) is 0 Å². The molecule has 0 bridgehead atoms. The third-order valence-corrected chi connectivity index (χ3v) is 8.01. The summed E-state index contributed by atoms with van der Waals surface area (Å²) >= 11 is 0. The summed E-state index contributed by atoms with van der Waals surface area (Å²) in [7, 11) is -3.59. The SMILES string of the molecule is O=C(c1cccc(S(=O)(=O)NC2CC2)c1)N1CCN(C(c2ccccc2)c2ccccc2)CC1. The number of rotatable bonds is 7. The zero-order chi connectivity index (χ0) is 23.5. The van der Waals surface area contributed by atoms with Gasteiger partial charge in [0.15, 0.2) is 0 Å². The fourth-order valence-electron chi connectivity index (χ4n) is 4.54. The van der Waals surface area contributed by atoms with Crippen molar-refractivity contribution in [3.05, 3.63) is 102 Å². The number of benzene rings is 3. The van der Waals surface area contributed by atoms with Crippen LogP contribution < -0.4 is 4.72 Å². The Morgan fingerprint density at radius 1 is 0.794 bits per heavy atom. The Labute approximate surface area is 201 Å². The number of sulfonamides is 1. The number of hydrogen-bond acceptors (Lipinski definition) is 4. The summed E-state index contributed by atoms with van der Waals surface area (Å²) in [5.74, 6) is -0.126. The Kier molecular flexibility index (Phi) is 6.50. The zero-order valence-electron chi connectivity index (χ0n) is 19.0. The zero-order valence-corrected chi connectivity index (χ0v) is 19.8. The monoisotopic (exact) mass is 475 g/mol.